The Labute approximate surface area is 111 Å². The minimum atomic E-state index is -2.83. The number of hydrogen-bond donors (Lipinski definition) is 1. The van der Waals surface area contributed by atoms with E-state index in [2.05, 4.69) is 6.92 Å². The second-order valence-corrected chi connectivity index (χ2v) is 5.56. The first-order valence-corrected chi connectivity index (χ1v) is 6.15. The summed E-state index contributed by atoms with van der Waals surface area (Å²) in [5.41, 5.74) is -1.92. The van der Waals surface area contributed by atoms with Crippen molar-refractivity contribution in [3.05, 3.63) is 29.8 Å². The average molecular weight is 272 g/mol. The van der Waals surface area contributed by atoms with Crippen LogP contribution in [-0.4, -0.2) is 31.4 Å². The van der Waals surface area contributed by atoms with Gasteiger partial charge in [-0.25, -0.2) is 8.78 Å². The maximum Gasteiger partial charge on any atom is 0.270 e. The van der Waals surface area contributed by atoms with Gasteiger partial charge in [-0.15, -0.1) is 0 Å². The third-order valence-electron chi connectivity index (χ3n) is 3.35. The Kier molecular flexibility index (Phi) is 3.78. The van der Waals surface area contributed by atoms with Crippen LogP contribution in [0.15, 0.2) is 24.3 Å². The van der Waals surface area contributed by atoms with Gasteiger partial charge in [-0.2, -0.15) is 0 Å². The Morgan fingerprint density at radius 2 is 1.95 bits per heavy atom. The van der Waals surface area contributed by atoms with Gasteiger partial charge >= 0.3 is 0 Å². The molecule has 0 aromatic heterocycles. The number of ether oxygens (including phenoxy) is 2. The standard InChI is InChI=1S/C14H18F2O3/c1-13(7-18-8-13)9-19-11-5-3-10(4-6-11)14(2,17)12(15)16/h3-6,12,17H,7-9H2,1-2H3. The molecule has 1 aliphatic rings. The molecule has 1 fully saturated rings. The van der Waals surface area contributed by atoms with Crippen molar-refractivity contribution in [1.82, 2.24) is 0 Å². The second kappa shape index (κ2) is 5.06. The Balaban J connectivity index is 1.98. The molecule has 1 aromatic carbocycles. The summed E-state index contributed by atoms with van der Waals surface area (Å²) >= 11 is 0. The maximum absolute atomic E-state index is 12.7. The molecule has 1 saturated heterocycles. The molecule has 0 radical (unpaired) electrons. The van der Waals surface area contributed by atoms with Crippen LogP contribution in [0.25, 0.3) is 0 Å². The molecule has 1 aromatic rings. The van der Waals surface area contributed by atoms with E-state index in [1.165, 1.54) is 12.1 Å². The molecule has 2 rings (SSSR count). The van der Waals surface area contributed by atoms with Gasteiger partial charge in [0.1, 0.15) is 11.4 Å². The first kappa shape index (κ1) is 14.2. The maximum atomic E-state index is 12.7. The van der Waals surface area contributed by atoms with E-state index in [1.54, 1.807) is 12.1 Å². The summed E-state index contributed by atoms with van der Waals surface area (Å²) in [6.45, 7) is 5.03. The number of benzene rings is 1. The van der Waals surface area contributed by atoms with Gasteiger partial charge in [-0.1, -0.05) is 19.1 Å². The van der Waals surface area contributed by atoms with Crippen molar-refractivity contribution in [1.29, 1.82) is 0 Å². The number of alkyl halides is 2. The van der Waals surface area contributed by atoms with Crippen molar-refractivity contribution in [3.8, 4) is 5.75 Å². The zero-order chi connectivity index (χ0) is 14.1. The average Bonchev–Trinajstić information content (AvgIpc) is 2.34. The molecule has 0 bridgehead atoms. The Hall–Kier alpha value is -1.20. The molecule has 0 amide bonds. The summed E-state index contributed by atoms with van der Waals surface area (Å²) < 4.78 is 36.0. The molecule has 1 aliphatic heterocycles. The summed E-state index contributed by atoms with van der Waals surface area (Å²) in [7, 11) is 0. The number of aliphatic hydroxyl groups is 1. The van der Waals surface area contributed by atoms with Gasteiger partial charge in [0.25, 0.3) is 6.43 Å². The van der Waals surface area contributed by atoms with E-state index in [0.717, 1.165) is 6.92 Å². The van der Waals surface area contributed by atoms with E-state index >= 15 is 0 Å². The van der Waals surface area contributed by atoms with Gasteiger partial charge in [-0.05, 0) is 24.6 Å². The molecule has 1 N–H and O–H groups in total. The Morgan fingerprint density at radius 3 is 2.37 bits per heavy atom. The monoisotopic (exact) mass is 272 g/mol. The van der Waals surface area contributed by atoms with Crippen LogP contribution in [0.2, 0.25) is 0 Å². The molecule has 1 atom stereocenters. The van der Waals surface area contributed by atoms with Crippen LogP contribution in [0.3, 0.4) is 0 Å². The van der Waals surface area contributed by atoms with E-state index in [0.29, 0.717) is 25.6 Å². The Morgan fingerprint density at radius 1 is 1.37 bits per heavy atom. The molecule has 19 heavy (non-hydrogen) atoms. The zero-order valence-corrected chi connectivity index (χ0v) is 11.0. The predicted molar refractivity (Wildman–Crippen MR) is 66.4 cm³/mol. The first-order valence-electron chi connectivity index (χ1n) is 6.15. The van der Waals surface area contributed by atoms with Gasteiger partial charge in [0, 0.05) is 5.41 Å². The smallest absolute Gasteiger partial charge is 0.270 e. The van der Waals surface area contributed by atoms with Gasteiger partial charge in [0.05, 0.1) is 19.8 Å². The third-order valence-corrected chi connectivity index (χ3v) is 3.35. The van der Waals surface area contributed by atoms with E-state index < -0.39 is 12.0 Å². The van der Waals surface area contributed by atoms with Gasteiger partial charge in [0.15, 0.2) is 0 Å². The molecule has 0 spiro atoms. The second-order valence-electron chi connectivity index (χ2n) is 5.56. The fraction of sp³-hybridized carbons (Fsp3) is 0.571. The normalized spacial score (nSPS) is 20.7. The van der Waals surface area contributed by atoms with Crippen LogP contribution in [0.4, 0.5) is 8.78 Å². The number of hydrogen-bond acceptors (Lipinski definition) is 3. The van der Waals surface area contributed by atoms with E-state index in [1.807, 2.05) is 0 Å². The lowest BCUT2D eigenvalue weighted by Gasteiger charge is -2.37. The molecule has 0 saturated carbocycles. The van der Waals surface area contributed by atoms with Crippen LogP contribution in [0, 0.1) is 5.41 Å². The molecular weight excluding hydrogens is 254 g/mol. The van der Waals surface area contributed by atoms with Crippen molar-refractivity contribution in [2.24, 2.45) is 5.41 Å². The van der Waals surface area contributed by atoms with Crippen LogP contribution < -0.4 is 4.74 Å². The quantitative estimate of drug-likeness (QED) is 0.895. The lowest BCUT2D eigenvalue weighted by Crippen LogP contribution is -2.44. The van der Waals surface area contributed by atoms with Crippen LogP contribution in [-0.2, 0) is 10.3 Å². The summed E-state index contributed by atoms with van der Waals surface area (Å²) in [4.78, 5) is 0. The van der Waals surface area contributed by atoms with Crippen LogP contribution in [0.1, 0.15) is 19.4 Å². The fourth-order valence-electron chi connectivity index (χ4n) is 1.81. The van der Waals surface area contributed by atoms with Crippen molar-refractivity contribution in [2.75, 3.05) is 19.8 Å². The van der Waals surface area contributed by atoms with E-state index in [4.69, 9.17) is 9.47 Å². The lowest BCUT2D eigenvalue weighted by atomic mass is 9.90. The molecule has 1 heterocycles. The van der Waals surface area contributed by atoms with Crippen molar-refractivity contribution in [2.45, 2.75) is 25.9 Å². The molecule has 3 nitrogen and oxygen atoms in total. The van der Waals surface area contributed by atoms with Crippen molar-refractivity contribution >= 4 is 0 Å². The topological polar surface area (TPSA) is 38.7 Å². The summed E-state index contributed by atoms with van der Waals surface area (Å²) in [5, 5.41) is 9.65. The summed E-state index contributed by atoms with van der Waals surface area (Å²) in [6.07, 6.45) is -2.83. The van der Waals surface area contributed by atoms with Gasteiger partial charge < -0.3 is 14.6 Å². The highest BCUT2D eigenvalue weighted by Gasteiger charge is 2.35. The van der Waals surface area contributed by atoms with Gasteiger partial charge in [0.2, 0.25) is 0 Å². The number of rotatable bonds is 5. The summed E-state index contributed by atoms with van der Waals surface area (Å²) in [5.74, 6) is 0.599. The zero-order valence-electron chi connectivity index (χ0n) is 11.0. The molecule has 0 aliphatic carbocycles. The lowest BCUT2D eigenvalue weighted by molar-refractivity contribution is -0.120. The largest absolute Gasteiger partial charge is 0.493 e. The highest BCUT2D eigenvalue weighted by Crippen LogP contribution is 2.30. The van der Waals surface area contributed by atoms with Crippen LogP contribution in [0.5, 0.6) is 5.75 Å². The van der Waals surface area contributed by atoms with Crippen molar-refractivity contribution in [3.63, 3.8) is 0 Å². The Bertz CT molecular complexity index is 425. The van der Waals surface area contributed by atoms with Crippen LogP contribution >= 0.6 is 0 Å². The van der Waals surface area contributed by atoms with Gasteiger partial charge in [-0.3, -0.25) is 0 Å². The third kappa shape index (κ3) is 3.04. The highest BCUT2D eigenvalue weighted by atomic mass is 19.3. The summed E-state index contributed by atoms with van der Waals surface area (Å²) in [6, 6.07) is 6.10. The minimum absolute atomic E-state index is 0.0349. The van der Waals surface area contributed by atoms with E-state index in [-0.39, 0.29) is 11.0 Å². The molecular formula is C14H18F2O3. The van der Waals surface area contributed by atoms with Crippen molar-refractivity contribution < 1.29 is 23.4 Å². The molecule has 1 unspecified atom stereocenters. The fourth-order valence-corrected chi connectivity index (χ4v) is 1.81. The van der Waals surface area contributed by atoms with E-state index in [9.17, 15) is 13.9 Å². The highest BCUT2D eigenvalue weighted by molar-refractivity contribution is 5.31. The first-order chi connectivity index (χ1) is 8.83. The number of halogens is 2. The minimum Gasteiger partial charge on any atom is -0.493 e. The molecule has 5 heteroatoms. The SMILES string of the molecule is CC1(COc2ccc(C(C)(O)C(F)F)cc2)COC1. The predicted octanol–water partition coefficient (Wildman–Crippen LogP) is 2.57. The molecule has 106 valence electrons.